The molecule has 0 aliphatic carbocycles. The molecule has 1 aromatic heterocycles. The first-order chi connectivity index (χ1) is 8.69. The molecule has 0 fully saturated rings. The Morgan fingerprint density at radius 3 is 3.00 bits per heavy atom. The molecule has 1 amide bonds. The van der Waals surface area contributed by atoms with Gasteiger partial charge in [0.25, 0.3) is 0 Å². The number of fused-ring (bicyclic) bond motifs is 1. The van der Waals surface area contributed by atoms with Gasteiger partial charge < -0.3 is 5.32 Å². The molecule has 0 aliphatic heterocycles. The molecule has 0 aliphatic rings. The molecule has 2 rings (SSSR count). The molecule has 1 N–H and O–H groups in total. The average molecular weight is 244 g/mol. The number of nitrogens with one attached hydrogen (secondary N) is 1. The molecule has 1 aromatic carbocycles. The first kappa shape index (κ1) is 12.2. The van der Waals surface area contributed by atoms with Crippen LogP contribution in [0.25, 0.3) is 10.9 Å². The first-order valence-corrected chi connectivity index (χ1v) is 5.62. The van der Waals surface area contributed by atoms with Crippen LogP contribution >= 0.6 is 0 Å². The lowest BCUT2D eigenvalue weighted by Crippen LogP contribution is -2.25. The Labute approximate surface area is 104 Å². The fourth-order valence-corrected chi connectivity index (χ4v) is 1.65. The Balaban J connectivity index is 2.17. The van der Waals surface area contributed by atoms with E-state index in [2.05, 4.69) is 16.9 Å². The molecular weight excluding hydrogens is 231 g/mol. The summed E-state index contributed by atoms with van der Waals surface area (Å²) < 4.78 is 13.0. The van der Waals surface area contributed by atoms with E-state index in [9.17, 15) is 9.18 Å². The van der Waals surface area contributed by atoms with Gasteiger partial charge in [0.2, 0.25) is 5.91 Å². The second-order valence-electron chi connectivity index (χ2n) is 3.91. The van der Waals surface area contributed by atoms with Crippen LogP contribution in [0.4, 0.5) is 4.39 Å². The predicted molar refractivity (Wildman–Crippen MR) is 68.6 cm³/mol. The number of carbonyl (C=O) groups excluding carboxylic acids is 1. The van der Waals surface area contributed by atoms with Gasteiger partial charge in [0, 0.05) is 11.9 Å². The van der Waals surface area contributed by atoms with Gasteiger partial charge in [-0.05, 0) is 24.3 Å². The molecule has 0 spiro atoms. The number of aromatic nitrogens is 1. The van der Waals surface area contributed by atoms with Crippen molar-refractivity contribution in [1.82, 2.24) is 10.3 Å². The summed E-state index contributed by atoms with van der Waals surface area (Å²) in [6, 6.07) is 7.88. The maximum atomic E-state index is 13.0. The van der Waals surface area contributed by atoms with E-state index in [4.69, 9.17) is 0 Å². The van der Waals surface area contributed by atoms with Crippen molar-refractivity contribution in [2.45, 2.75) is 6.42 Å². The zero-order valence-corrected chi connectivity index (χ0v) is 9.82. The Morgan fingerprint density at radius 1 is 1.39 bits per heavy atom. The van der Waals surface area contributed by atoms with Gasteiger partial charge in [-0.25, -0.2) is 4.39 Å². The van der Waals surface area contributed by atoms with Crippen molar-refractivity contribution in [3.8, 4) is 0 Å². The second-order valence-corrected chi connectivity index (χ2v) is 3.91. The largest absolute Gasteiger partial charge is 0.352 e. The molecule has 0 unspecified atom stereocenters. The third-order valence-electron chi connectivity index (χ3n) is 2.49. The third kappa shape index (κ3) is 2.91. The summed E-state index contributed by atoms with van der Waals surface area (Å²) in [5, 5.41) is 3.41. The van der Waals surface area contributed by atoms with Crippen LogP contribution in [0.2, 0.25) is 0 Å². The van der Waals surface area contributed by atoms with Crippen molar-refractivity contribution in [2.75, 3.05) is 6.54 Å². The van der Waals surface area contributed by atoms with E-state index in [1.165, 1.54) is 12.1 Å². The Hall–Kier alpha value is -2.23. The number of nitrogens with zero attached hydrogens (tertiary/aromatic N) is 1. The van der Waals surface area contributed by atoms with Crippen LogP contribution in [0.3, 0.4) is 0 Å². The quantitative estimate of drug-likeness (QED) is 0.838. The summed E-state index contributed by atoms with van der Waals surface area (Å²) >= 11 is 0. The lowest BCUT2D eigenvalue weighted by Gasteiger charge is -2.04. The standard InChI is InChI=1S/C14H13FN2O/c1-2-7-16-14(18)9-12-5-3-10-8-11(15)4-6-13(10)17-12/h2-6,8H,1,7,9H2,(H,16,18). The summed E-state index contributed by atoms with van der Waals surface area (Å²) in [6.07, 6.45) is 1.83. The average Bonchev–Trinajstić information content (AvgIpc) is 2.36. The summed E-state index contributed by atoms with van der Waals surface area (Å²) in [5.41, 5.74) is 1.35. The molecule has 3 nitrogen and oxygen atoms in total. The Morgan fingerprint density at radius 2 is 2.22 bits per heavy atom. The molecule has 0 saturated heterocycles. The van der Waals surface area contributed by atoms with E-state index in [-0.39, 0.29) is 18.1 Å². The van der Waals surface area contributed by atoms with Gasteiger partial charge in [-0.1, -0.05) is 12.1 Å². The van der Waals surface area contributed by atoms with Crippen molar-refractivity contribution in [2.24, 2.45) is 0 Å². The van der Waals surface area contributed by atoms with Gasteiger partial charge in [0.05, 0.1) is 17.6 Å². The minimum atomic E-state index is -0.291. The van der Waals surface area contributed by atoms with Gasteiger partial charge >= 0.3 is 0 Å². The van der Waals surface area contributed by atoms with Gasteiger partial charge in [0.15, 0.2) is 0 Å². The molecule has 0 saturated carbocycles. The van der Waals surface area contributed by atoms with E-state index >= 15 is 0 Å². The number of hydrogen-bond acceptors (Lipinski definition) is 2. The Kier molecular flexibility index (Phi) is 3.67. The molecule has 0 radical (unpaired) electrons. The van der Waals surface area contributed by atoms with Gasteiger partial charge in [0.1, 0.15) is 5.82 Å². The highest BCUT2D eigenvalue weighted by molar-refractivity contribution is 5.81. The van der Waals surface area contributed by atoms with Crippen molar-refractivity contribution in [3.05, 3.63) is 54.5 Å². The molecule has 4 heteroatoms. The smallest absolute Gasteiger partial charge is 0.226 e. The van der Waals surface area contributed by atoms with Crippen LogP contribution < -0.4 is 5.32 Å². The van der Waals surface area contributed by atoms with Crippen molar-refractivity contribution in [3.63, 3.8) is 0 Å². The van der Waals surface area contributed by atoms with Crippen LogP contribution in [-0.4, -0.2) is 17.4 Å². The molecule has 2 aromatic rings. The fourth-order valence-electron chi connectivity index (χ4n) is 1.65. The van der Waals surface area contributed by atoms with E-state index in [0.29, 0.717) is 17.8 Å². The molecular formula is C14H13FN2O. The molecule has 1 heterocycles. The first-order valence-electron chi connectivity index (χ1n) is 5.62. The van der Waals surface area contributed by atoms with Gasteiger partial charge in [-0.15, -0.1) is 6.58 Å². The van der Waals surface area contributed by atoms with Crippen LogP contribution in [0.15, 0.2) is 43.0 Å². The molecule has 18 heavy (non-hydrogen) atoms. The van der Waals surface area contributed by atoms with Crippen molar-refractivity contribution >= 4 is 16.8 Å². The highest BCUT2D eigenvalue weighted by Gasteiger charge is 2.05. The number of carbonyl (C=O) groups is 1. The lowest BCUT2D eigenvalue weighted by molar-refractivity contribution is -0.120. The monoisotopic (exact) mass is 244 g/mol. The topological polar surface area (TPSA) is 42.0 Å². The molecule has 92 valence electrons. The zero-order valence-electron chi connectivity index (χ0n) is 9.82. The SMILES string of the molecule is C=CCNC(=O)Cc1ccc2cc(F)ccc2n1. The highest BCUT2D eigenvalue weighted by atomic mass is 19.1. The maximum Gasteiger partial charge on any atom is 0.226 e. The van der Waals surface area contributed by atoms with Gasteiger partial charge in [-0.2, -0.15) is 0 Å². The van der Waals surface area contributed by atoms with Crippen LogP contribution in [0.1, 0.15) is 5.69 Å². The number of pyridine rings is 1. The van der Waals surface area contributed by atoms with E-state index in [1.807, 2.05) is 0 Å². The molecule has 0 atom stereocenters. The third-order valence-corrected chi connectivity index (χ3v) is 2.49. The summed E-state index contributed by atoms with van der Waals surface area (Å²) in [5.74, 6) is -0.398. The zero-order chi connectivity index (χ0) is 13.0. The Bertz CT molecular complexity index is 595. The molecule has 0 bridgehead atoms. The van der Waals surface area contributed by atoms with E-state index in [0.717, 1.165) is 5.39 Å². The summed E-state index contributed by atoms with van der Waals surface area (Å²) in [4.78, 5) is 15.8. The van der Waals surface area contributed by atoms with Crippen molar-refractivity contribution in [1.29, 1.82) is 0 Å². The van der Waals surface area contributed by atoms with Gasteiger partial charge in [-0.3, -0.25) is 9.78 Å². The predicted octanol–water partition coefficient (Wildman–Crippen LogP) is 2.22. The highest BCUT2D eigenvalue weighted by Crippen LogP contribution is 2.14. The maximum absolute atomic E-state index is 13.0. The summed E-state index contributed by atoms with van der Waals surface area (Å²) in [7, 11) is 0. The van der Waals surface area contributed by atoms with E-state index in [1.54, 1.807) is 24.3 Å². The van der Waals surface area contributed by atoms with Crippen LogP contribution in [-0.2, 0) is 11.2 Å². The second kappa shape index (κ2) is 5.40. The number of halogens is 1. The summed E-state index contributed by atoms with van der Waals surface area (Å²) in [6.45, 7) is 3.97. The van der Waals surface area contributed by atoms with Crippen molar-refractivity contribution < 1.29 is 9.18 Å². The number of benzene rings is 1. The minimum absolute atomic E-state index is 0.108. The lowest BCUT2D eigenvalue weighted by atomic mass is 10.1. The minimum Gasteiger partial charge on any atom is -0.352 e. The van der Waals surface area contributed by atoms with E-state index < -0.39 is 0 Å². The number of hydrogen-bond donors (Lipinski definition) is 1. The normalized spacial score (nSPS) is 10.3. The van der Waals surface area contributed by atoms with Crippen LogP contribution in [0, 0.1) is 5.82 Å². The number of rotatable bonds is 4. The fraction of sp³-hybridized carbons (Fsp3) is 0.143. The number of amides is 1. The van der Waals surface area contributed by atoms with Crippen LogP contribution in [0.5, 0.6) is 0 Å².